The highest BCUT2D eigenvalue weighted by atomic mass is 32.1. The van der Waals surface area contributed by atoms with Crippen LogP contribution in [0.2, 0.25) is 0 Å². The number of anilines is 2. The molecule has 8 heteroatoms. The molecule has 0 bridgehead atoms. The zero-order chi connectivity index (χ0) is 20.9. The molecule has 1 fully saturated rings. The molecule has 2 aromatic carbocycles. The lowest BCUT2D eigenvalue weighted by molar-refractivity contribution is -0.118. The van der Waals surface area contributed by atoms with Crippen molar-refractivity contribution >= 4 is 34.0 Å². The molecule has 2 heterocycles. The van der Waals surface area contributed by atoms with Crippen LogP contribution in [0.1, 0.15) is 29.8 Å². The van der Waals surface area contributed by atoms with E-state index < -0.39 is 0 Å². The Bertz CT molecular complexity index is 1020. The van der Waals surface area contributed by atoms with Crippen LogP contribution in [0.4, 0.5) is 10.8 Å². The summed E-state index contributed by atoms with van der Waals surface area (Å²) in [7, 11) is 0. The first-order valence-electron chi connectivity index (χ1n) is 9.82. The van der Waals surface area contributed by atoms with E-state index in [0.29, 0.717) is 23.8 Å². The van der Waals surface area contributed by atoms with E-state index in [1.54, 1.807) is 17.0 Å². The lowest BCUT2D eigenvalue weighted by Crippen LogP contribution is -2.24. The van der Waals surface area contributed by atoms with E-state index in [4.69, 9.17) is 4.74 Å². The molecule has 154 valence electrons. The van der Waals surface area contributed by atoms with Gasteiger partial charge in [-0.1, -0.05) is 48.6 Å². The number of benzene rings is 2. The molecule has 0 saturated carbocycles. The first-order chi connectivity index (χ1) is 14.6. The van der Waals surface area contributed by atoms with Gasteiger partial charge in [0.25, 0.3) is 5.91 Å². The summed E-state index contributed by atoms with van der Waals surface area (Å²) >= 11 is 1.30. The van der Waals surface area contributed by atoms with E-state index in [0.717, 1.165) is 17.1 Å². The molecule has 7 nitrogen and oxygen atoms in total. The molecule has 0 radical (unpaired) electrons. The number of carbonyl (C=O) groups is 2. The second-order valence-electron chi connectivity index (χ2n) is 7.02. The molecular weight excluding hydrogens is 400 g/mol. The van der Waals surface area contributed by atoms with Crippen molar-refractivity contribution in [2.75, 3.05) is 23.4 Å². The number of ether oxygens (including phenoxy) is 1. The van der Waals surface area contributed by atoms with Crippen molar-refractivity contribution in [1.29, 1.82) is 0 Å². The maximum Gasteiger partial charge on any atom is 0.264 e. The van der Waals surface area contributed by atoms with Gasteiger partial charge >= 0.3 is 0 Å². The van der Waals surface area contributed by atoms with E-state index in [2.05, 4.69) is 22.4 Å². The van der Waals surface area contributed by atoms with E-state index in [-0.39, 0.29) is 24.3 Å². The van der Waals surface area contributed by atoms with E-state index >= 15 is 0 Å². The van der Waals surface area contributed by atoms with Crippen LogP contribution >= 0.6 is 11.3 Å². The Balaban J connectivity index is 1.34. The summed E-state index contributed by atoms with van der Waals surface area (Å²) in [6, 6.07) is 17.2. The third-order valence-corrected chi connectivity index (χ3v) is 5.93. The Hall–Kier alpha value is -3.26. The van der Waals surface area contributed by atoms with Crippen molar-refractivity contribution in [3.8, 4) is 5.75 Å². The molecule has 4 rings (SSSR count). The molecule has 0 spiro atoms. The number of carbonyl (C=O) groups excluding carboxylic acids is 2. The third-order valence-electron chi connectivity index (χ3n) is 4.93. The Labute approximate surface area is 178 Å². The number of nitrogens with zero attached hydrogens (tertiary/aromatic N) is 3. The largest absolute Gasteiger partial charge is 0.484 e. The smallest absolute Gasteiger partial charge is 0.264 e. The first-order valence-corrected chi connectivity index (χ1v) is 10.6. The fourth-order valence-electron chi connectivity index (χ4n) is 3.31. The zero-order valence-corrected chi connectivity index (χ0v) is 17.4. The summed E-state index contributed by atoms with van der Waals surface area (Å²) in [5, 5.41) is 12.1. The Kier molecular flexibility index (Phi) is 6.04. The van der Waals surface area contributed by atoms with E-state index in [1.165, 1.54) is 16.9 Å². The van der Waals surface area contributed by atoms with Crippen LogP contribution in [0.25, 0.3) is 0 Å². The minimum atomic E-state index is -0.304. The monoisotopic (exact) mass is 422 g/mol. The van der Waals surface area contributed by atoms with Gasteiger partial charge in [0.1, 0.15) is 10.8 Å². The second kappa shape index (κ2) is 9.04. The number of amides is 2. The predicted molar refractivity (Wildman–Crippen MR) is 116 cm³/mol. The Morgan fingerprint density at radius 1 is 1.17 bits per heavy atom. The van der Waals surface area contributed by atoms with Gasteiger partial charge in [0.05, 0.1) is 0 Å². The number of rotatable bonds is 7. The van der Waals surface area contributed by atoms with Gasteiger partial charge in [-0.2, -0.15) is 0 Å². The van der Waals surface area contributed by atoms with Gasteiger partial charge < -0.3 is 9.64 Å². The predicted octanol–water partition coefficient (Wildman–Crippen LogP) is 3.64. The van der Waals surface area contributed by atoms with Crippen LogP contribution in [0.15, 0.2) is 54.6 Å². The minimum Gasteiger partial charge on any atom is -0.484 e. The van der Waals surface area contributed by atoms with Crippen LogP contribution in [0, 0.1) is 0 Å². The molecule has 1 aliphatic heterocycles. The lowest BCUT2D eigenvalue weighted by atomic mass is 10.1. The SMILES string of the molecule is CCc1ccc(N2C[C@H](c3nnc(NC(=O)COc4ccccc4)s3)CC2=O)cc1. The fourth-order valence-corrected chi connectivity index (χ4v) is 4.16. The maximum absolute atomic E-state index is 12.5. The molecule has 2 amide bonds. The molecule has 1 atom stereocenters. The highest BCUT2D eigenvalue weighted by molar-refractivity contribution is 7.15. The zero-order valence-electron chi connectivity index (χ0n) is 16.6. The van der Waals surface area contributed by atoms with Gasteiger partial charge in [-0.05, 0) is 36.2 Å². The Morgan fingerprint density at radius 2 is 1.93 bits per heavy atom. The molecule has 1 aromatic heterocycles. The van der Waals surface area contributed by atoms with Crippen molar-refractivity contribution in [3.63, 3.8) is 0 Å². The summed E-state index contributed by atoms with van der Waals surface area (Å²) in [6.07, 6.45) is 1.35. The van der Waals surface area contributed by atoms with E-state index in [9.17, 15) is 9.59 Å². The van der Waals surface area contributed by atoms with E-state index in [1.807, 2.05) is 42.5 Å². The van der Waals surface area contributed by atoms with Crippen LogP contribution in [-0.2, 0) is 16.0 Å². The number of aryl methyl sites for hydroxylation is 1. The number of hydrogen-bond donors (Lipinski definition) is 1. The van der Waals surface area contributed by atoms with Gasteiger partial charge in [-0.15, -0.1) is 10.2 Å². The highest BCUT2D eigenvalue weighted by Gasteiger charge is 2.34. The van der Waals surface area contributed by atoms with Crippen molar-refractivity contribution in [1.82, 2.24) is 10.2 Å². The number of para-hydroxylation sites is 1. The normalized spacial score (nSPS) is 16.0. The molecule has 3 aromatic rings. The molecule has 1 aliphatic rings. The summed E-state index contributed by atoms with van der Waals surface area (Å²) in [5.74, 6) is 0.359. The number of hydrogen-bond acceptors (Lipinski definition) is 6. The van der Waals surface area contributed by atoms with Crippen LogP contribution < -0.4 is 15.0 Å². The van der Waals surface area contributed by atoms with Gasteiger partial charge in [-0.25, -0.2) is 0 Å². The van der Waals surface area contributed by atoms with Crippen LogP contribution in [-0.4, -0.2) is 35.2 Å². The second-order valence-corrected chi connectivity index (χ2v) is 8.03. The molecule has 1 saturated heterocycles. The minimum absolute atomic E-state index is 0.0351. The standard InChI is InChI=1S/C22H22N4O3S/c1-2-15-8-10-17(11-9-15)26-13-16(12-20(26)28)21-24-25-22(30-21)23-19(27)14-29-18-6-4-3-5-7-18/h3-11,16H,2,12-14H2,1H3,(H,23,25,27)/t16-/m1/s1. The quantitative estimate of drug-likeness (QED) is 0.628. The van der Waals surface area contributed by atoms with Gasteiger partial charge in [-0.3, -0.25) is 14.9 Å². The molecule has 30 heavy (non-hydrogen) atoms. The van der Waals surface area contributed by atoms with Crippen LogP contribution in [0.3, 0.4) is 0 Å². The van der Waals surface area contributed by atoms with Crippen molar-refractivity contribution in [3.05, 3.63) is 65.2 Å². The first kappa shape index (κ1) is 20.0. The summed E-state index contributed by atoms with van der Waals surface area (Å²) in [4.78, 5) is 26.4. The molecular formula is C22H22N4O3S. The van der Waals surface area contributed by atoms with Gasteiger partial charge in [0, 0.05) is 24.6 Å². The maximum atomic E-state index is 12.5. The van der Waals surface area contributed by atoms with Gasteiger partial charge in [0.2, 0.25) is 11.0 Å². The fraction of sp³-hybridized carbons (Fsp3) is 0.273. The average molecular weight is 423 g/mol. The molecule has 0 aliphatic carbocycles. The average Bonchev–Trinajstić information content (AvgIpc) is 3.39. The number of nitrogens with one attached hydrogen (secondary N) is 1. The van der Waals surface area contributed by atoms with Crippen molar-refractivity contribution in [2.24, 2.45) is 0 Å². The topological polar surface area (TPSA) is 84.4 Å². The molecule has 1 N–H and O–H groups in total. The number of aromatic nitrogens is 2. The van der Waals surface area contributed by atoms with Crippen LogP contribution in [0.5, 0.6) is 5.75 Å². The molecule has 0 unspecified atom stereocenters. The summed E-state index contributed by atoms with van der Waals surface area (Å²) < 4.78 is 5.43. The Morgan fingerprint density at radius 3 is 2.67 bits per heavy atom. The van der Waals surface area contributed by atoms with Crippen molar-refractivity contribution in [2.45, 2.75) is 25.7 Å². The highest BCUT2D eigenvalue weighted by Crippen LogP contribution is 2.34. The summed E-state index contributed by atoms with van der Waals surface area (Å²) in [5.41, 5.74) is 2.14. The van der Waals surface area contributed by atoms with Crippen molar-refractivity contribution < 1.29 is 14.3 Å². The summed E-state index contributed by atoms with van der Waals surface area (Å²) in [6.45, 7) is 2.55. The lowest BCUT2D eigenvalue weighted by Gasteiger charge is -2.16. The van der Waals surface area contributed by atoms with Gasteiger partial charge in [0.15, 0.2) is 6.61 Å². The third kappa shape index (κ3) is 4.65.